The highest BCUT2D eigenvalue weighted by atomic mass is 35.5. The van der Waals surface area contributed by atoms with E-state index in [1.165, 1.54) is 0 Å². The molecule has 0 aromatic carbocycles. The smallest absolute Gasteiger partial charge is 0.242 e. The predicted molar refractivity (Wildman–Crippen MR) is 53.2 cm³/mol. The van der Waals surface area contributed by atoms with E-state index in [4.69, 9.17) is 23.2 Å². The van der Waals surface area contributed by atoms with Crippen molar-refractivity contribution in [1.82, 2.24) is 4.98 Å². The Morgan fingerprint density at radius 3 is 2.92 bits per heavy atom. The average Bonchev–Trinajstić information content (AvgIpc) is 2.08. The van der Waals surface area contributed by atoms with Crippen molar-refractivity contribution >= 4 is 34.8 Å². The van der Waals surface area contributed by atoms with Gasteiger partial charge in [0.05, 0.1) is 5.69 Å². The number of halogens is 2. The number of alkyl halides is 1. The van der Waals surface area contributed by atoms with Gasteiger partial charge in [-0.05, 0) is 19.1 Å². The molecular formula is C8H8Cl2N2O. The van der Waals surface area contributed by atoms with E-state index in [1.54, 1.807) is 25.3 Å². The lowest BCUT2D eigenvalue weighted by molar-refractivity contribution is -0.115. The molecule has 0 bridgehead atoms. The minimum absolute atomic E-state index is 0.258. The van der Waals surface area contributed by atoms with Crippen LogP contribution in [-0.2, 0) is 4.79 Å². The van der Waals surface area contributed by atoms with Gasteiger partial charge in [-0.1, -0.05) is 11.6 Å². The second kappa shape index (κ2) is 4.44. The molecule has 0 fully saturated rings. The van der Waals surface area contributed by atoms with Crippen LogP contribution in [0.3, 0.4) is 0 Å². The van der Waals surface area contributed by atoms with Crippen LogP contribution in [-0.4, -0.2) is 16.3 Å². The fourth-order valence-electron chi connectivity index (χ4n) is 0.711. The van der Waals surface area contributed by atoms with Gasteiger partial charge in [-0.2, -0.15) is 0 Å². The van der Waals surface area contributed by atoms with E-state index >= 15 is 0 Å². The molecule has 3 nitrogen and oxygen atoms in total. The summed E-state index contributed by atoms with van der Waals surface area (Å²) in [6.45, 7) is 1.58. The number of amides is 1. The van der Waals surface area contributed by atoms with Gasteiger partial charge in [0.2, 0.25) is 5.91 Å². The largest absolute Gasteiger partial charge is 0.322 e. The minimum atomic E-state index is -0.587. The molecule has 70 valence electrons. The van der Waals surface area contributed by atoms with E-state index < -0.39 is 5.38 Å². The molecule has 1 rings (SSSR count). The summed E-state index contributed by atoms with van der Waals surface area (Å²) in [7, 11) is 0. The van der Waals surface area contributed by atoms with Crippen molar-refractivity contribution in [2.45, 2.75) is 12.3 Å². The van der Waals surface area contributed by atoms with Crippen LogP contribution in [0.5, 0.6) is 0 Å². The molecule has 5 heteroatoms. The van der Waals surface area contributed by atoms with Gasteiger partial charge in [0.25, 0.3) is 0 Å². The van der Waals surface area contributed by atoms with Crippen molar-refractivity contribution in [2.75, 3.05) is 5.32 Å². The minimum Gasteiger partial charge on any atom is -0.322 e. The molecule has 1 aromatic heterocycles. The highest BCUT2D eigenvalue weighted by molar-refractivity contribution is 6.34. The maximum atomic E-state index is 11.1. The van der Waals surface area contributed by atoms with Crippen LogP contribution in [0.4, 0.5) is 5.69 Å². The third-order valence-electron chi connectivity index (χ3n) is 1.38. The number of rotatable bonds is 2. The lowest BCUT2D eigenvalue weighted by Crippen LogP contribution is -2.20. The number of hydrogen-bond donors (Lipinski definition) is 1. The van der Waals surface area contributed by atoms with Gasteiger partial charge in [-0.25, -0.2) is 4.98 Å². The summed E-state index contributed by atoms with van der Waals surface area (Å²) in [5.74, 6) is -0.295. The molecule has 1 atom stereocenters. The van der Waals surface area contributed by atoms with Crippen molar-refractivity contribution in [2.24, 2.45) is 0 Å². The highest BCUT2D eigenvalue weighted by Gasteiger charge is 2.10. The van der Waals surface area contributed by atoms with Crippen LogP contribution in [0.15, 0.2) is 18.3 Å². The first kappa shape index (κ1) is 10.3. The lowest BCUT2D eigenvalue weighted by Gasteiger charge is -2.06. The monoisotopic (exact) mass is 218 g/mol. The summed E-state index contributed by atoms with van der Waals surface area (Å²) in [5.41, 5.74) is 0.474. The first-order valence-electron chi connectivity index (χ1n) is 3.66. The molecule has 0 saturated carbocycles. The summed E-state index contributed by atoms with van der Waals surface area (Å²) < 4.78 is 0. The number of nitrogens with one attached hydrogen (secondary N) is 1. The second-order valence-corrected chi connectivity index (χ2v) is 3.46. The molecule has 0 radical (unpaired) electrons. The highest BCUT2D eigenvalue weighted by Crippen LogP contribution is 2.17. The Kier molecular flexibility index (Phi) is 3.51. The van der Waals surface area contributed by atoms with E-state index in [1.807, 2.05) is 0 Å². The summed E-state index contributed by atoms with van der Waals surface area (Å²) >= 11 is 11.3. The summed E-state index contributed by atoms with van der Waals surface area (Å²) in [6.07, 6.45) is 1.54. The fourth-order valence-corrected chi connectivity index (χ4v) is 0.933. The van der Waals surface area contributed by atoms with Crippen molar-refractivity contribution in [1.29, 1.82) is 0 Å². The molecule has 13 heavy (non-hydrogen) atoms. The van der Waals surface area contributed by atoms with E-state index in [0.29, 0.717) is 5.69 Å². The molecule has 1 amide bonds. The van der Waals surface area contributed by atoms with Gasteiger partial charge in [0.1, 0.15) is 5.38 Å². The van der Waals surface area contributed by atoms with Crippen molar-refractivity contribution in [3.05, 3.63) is 23.5 Å². The first-order valence-corrected chi connectivity index (χ1v) is 4.48. The molecular weight excluding hydrogens is 211 g/mol. The summed E-state index contributed by atoms with van der Waals surface area (Å²) in [5, 5.41) is 2.22. The Balaban J connectivity index is 2.75. The Bertz CT molecular complexity index is 315. The number of hydrogen-bond acceptors (Lipinski definition) is 2. The summed E-state index contributed by atoms with van der Waals surface area (Å²) in [4.78, 5) is 14.9. The topological polar surface area (TPSA) is 42.0 Å². The van der Waals surface area contributed by atoms with Crippen LogP contribution in [0.25, 0.3) is 0 Å². The molecule has 0 aliphatic rings. The van der Waals surface area contributed by atoms with E-state index in [0.717, 1.165) is 0 Å². The van der Waals surface area contributed by atoms with E-state index in [-0.39, 0.29) is 11.1 Å². The quantitative estimate of drug-likeness (QED) is 0.612. The van der Waals surface area contributed by atoms with Gasteiger partial charge < -0.3 is 5.32 Å². The number of nitrogens with zero attached hydrogens (tertiary/aromatic N) is 1. The van der Waals surface area contributed by atoms with E-state index in [2.05, 4.69) is 10.3 Å². The van der Waals surface area contributed by atoms with Crippen molar-refractivity contribution < 1.29 is 4.79 Å². The Morgan fingerprint density at radius 1 is 1.69 bits per heavy atom. The lowest BCUT2D eigenvalue weighted by atomic mass is 10.4. The van der Waals surface area contributed by atoms with Crippen LogP contribution in [0.1, 0.15) is 6.92 Å². The predicted octanol–water partition coefficient (Wildman–Crippen LogP) is 2.30. The van der Waals surface area contributed by atoms with Crippen LogP contribution >= 0.6 is 23.2 Å². The standard InChI is InChI=1S/C8H8Cl2N2O/c1-5(9)8(13)12-6-3-2-4-11-7(6)10/h2-5H,1H3,(H,12,13). The molecule has 1 unspecified atom stereocenters. The SMILES string of the molecule is CC(Cl)C(=O)Nc1cccnc1Cl. The van der Waals surface area contributed by atoms with Gasteiger partial charge in [0.15, 0.2) is 5.15 Å². The molecule has 1 heterocycles. The van der Waals surface area contributed by atoms with Gasteiger partial charge >= 0.3 is 0 Å². The Labute approximate surface area is 86.1 Å². The normalized spacial score (nSPS) is 12.2. The molecule has 1 aromatic rings. The third kappa shape index (κ3) is 2.86. The first-order chi connectivity index (χ1) is 6.11. The third-order valence-corrected chi connectivity index (χ3v) is 1.88. The van der Waals surface area contributed by atoms with Crippen LogP contribution in [0, 0.1) is 0 Å². The van der Waals surface area contributed by atoms with Crippen molar-refractivity contribution in [3.8, 4) is 0 Å². The Hall–Kier alpha value is -0.800. The fraction of sp³-hybridized carbons (Fsp3) is 0.250. The number of carbonyl (C=O) groups is 1. The van der Waals surface area contributed by atoms with Gasteiger partial charge in [-0.3, -0.25) is 4.79 Å². The van der Waals surface area contributed by atoms with Gasteiger partial charge in [-0.15, -0.1) is 11.6 Å². The van der Waals surface area contributed by atoms with Crippen molar-refractivity contribution in [3.63, 3.8) is 0 Å². The number of aromatic nitrogens is 1. The van der Waals surface area contributed by atoms with Crippen LogP contribution < -0.4 is 5.32 Å². The van der Waals surface area contributed by atoms with Crippen LogP contribution in [0.2, 0.25) is 5.15 Å². The van der Waals surface area contributed by atoms with Gasteiger partial charge in [0, 0.05) is 6.20 Å². The molecule has 0 saturated heterocycles. The zero-order valence-electron chi connectivity index (χ0n) is 6.92. The molecule has 0 spiro atoms. The second-order valence-electron chi connectivity index (χ2n) is 2.45. The maximum absolute atomic E-state index is 11.1. The summed E-state index contributed by atoms with van der Waals surface area (Å²) in [6, 6.07) is 3.34. The average molecular weight is 219 g/mol. The molecule has 1 N–H and O–H groups in total. The molecule has 0 aliphatic carbocycles. The van der Waals surface area contributed by atoms with E-state index in [9.17, 15) is 4.79 Å². The Morgan fingerprint density at radius 2 is 2.38 bits per heavy atom. The zero-order valence-corrected chi connectivity index (χ0v) is 8.43. The number of carbonyl (C=O) groups excluding carboxylic acids is 1. The number of pyridine rings is 1. The zero-order chi connectivity index (χ0) is 9.84. The maximum Gasteiger partial charge on any atom is 0.242 e. The number of anilines is 1. The molecule has 0 aliphatic heterocycles.